The Hall–Kier alpha value is -0.780. The maximum absolute atomic E-state index is 10.5. The quantitative estimate of drug-likeness (QED) is 0.625. The molecule has 0 aliphatic carbocycles. The van der Waals surface area contributed by atoms with E-state index in [4.69, 9.17) is 5.11 Å². The number of hydrogen-bond donors (Lipinski definition) is 1. The van der Waals surface area contributed by atoms with E-state index < -0.39 is 16.1 Å². The highest BCUT2D eigenvalue weighted by Crippen LogP contribution is 1.96. The Morgan fingerprint density at radius 2 is 2.00 bits per heavy atom. The summed E-state index contributed by atoms with van der Waals surface area (Å²) in [5, 5.41) is 8.26. The number of carbonyl (C=O) groups is 1. The van der Waals surface area contributed by atoms with E-state index in [1.54, 1.807) is 0 Å². The number of nitrogens with zero attached hydrogens (tertiary/aromatic N) is 1. The molecule has 0 aromatic heterocycles. The first-order valence-corrected chi connectivity index (χ1v) is 4.45. The third-order valence-corrected chi connectivity index (χ3v) is 2.12. The van der Waals surface area contributed by atoms with Crippen LogP contribution < -0.4 is 0 Å². The Labute approximate surface area is 59.3 Å². The zero-order valence-corrected chi connectivity index (χ0v) is 6.55. The van der Waals surface area contributed by atoms with Crippen molar-refractivity contribution in [2.24, 2.45) is 0 Å². The fraction of sp³-hybridized carbons (Fsp3) is 0.750. The van der Waals surface area contributed by atoms with Gasteiger partial charge in [-0.05, 0) is 6.92 Å². The van der Waals surface area contributed by atoms with Gasteiger partial charge in [0.25, 0.3) is 0 Å². The van der Waals surface area contributed by atoms with Crippen molar-refractivity contribution in [1.82, 2.24) is 4.31 Å². The van der Waals surface area contributed by atoms with E-state index in [2.05, 4.69) is 0 Å². The number of hydrogen-bond acceptors (Lipinski definition) is 3. The highest BCUT2D eigenvalue weighted by atomic mass is 32.2. The Balaban J connectivity index is 4.55. The molecule has 0 unspecified atom stereocenters. The van der Waals surface area contributed by atoms with E-state index in [-0.39, 0.29) is 6.54 Å². The molecular weight excluding hydrogens is 158 g/mol. The molecule has 1 N–H and O–H groups in total. The van der Waals surface area contributed by atoms with Gasteiger partial charge < -0.3 is 5.11 Å². The molecule has 60 valence electrons. The van der Waals surface area contributed by atoms with Gasteiger partial charge >= 0.3 is 6.09 Å². The van der Waals surface area contributed by atoms with Crippen LogP contribution in [0.4, 0.5) is 4.79 Å². The zero-order chi connectivity index (χ0) is 8.36. The van der Waals surface area contributed by atoms with Gasteiger partial charge in [0.1, 0.15) is 0 Å². The van der Waals surface area contributed by atoms with Crippen LogP contribution in [0.5, 0.6) is 0 Å². The summed E-state index contributed by atoms with van der Waals surface area (Å²) in [5.74, 6) is 0. The van der Waals surface area contributed by atoms with Gasteiger partial charge in [0.05, 0.1) is 6.26 Å². The van der Waals surface area contributed by atoms with Gasteiger partial charge in [0.15, 0.2) is 0 Å². The molecule has 1 amide bonds. The smallest absolute Gasteiger partial charge is 0.421 e. The minimum absolute atomic E-state index is 0.0475. The van der Waals surface area contributed by atoms with Gasteiger partial charge in [0, 0.05) is 6.54 Å². The predicted molar refractivity (Wildman–Crippen MR) is 35.2 cm³/mol. The molecule has 0 aliphatic rings. The topological polar surface area (TPSA) is 74.7 Å². The van der Waals surface area contributed by atoms with Crippen LogP contribution in [0, 0.1) is 0 Å². The van der Waals surface area contributed by atoms with Crippen LogP contribution in [0.25, 0.3) is 0 Å². The van der Waals surface area contributed by atoms with Crippen LogP contribution in [0.2, 0.25) is 0 Å². The van der Waals surface area contributed by atoms with Crippen molar-refractivity contribution in [3.05, 3.63) is 0 Å². The molecule has 0 saturated carbocycles. The lowest BCUT2D eigenvalue weighted by Crippen LogP contribution is -2.34. The molecule has 0 fully saturated rings. The molecule has 0 heterocycles. The predicted octanol–water partition coefficient (Wildman–Crippen LogP) is -0.0541. The third kappa shape index (κ3) is 2.22. The van der Waals surface area contributed by atoms with Crippen LogP contribution in [0.3, 0.4) is 0 Å². The first kappa shape index (κ1) is 9.22. The highest BCUT2D eigenvalue weighted by Gasteiger charge is 2.19. The molecule has 0 saturated heterocycles. The third-order valence-electron chi connectivity index (χ3n) is 0.901. The Bertz CT molecular complexity index is 219. The first-order chi connectivity index (χ1) is 4.39. The summed E-state index contributed by atoms with van der Waals surface area (Å²) in [6.07, 6.45) is -0.588. The molecule has 0 rings (SSSR count). The molecule has 0 aromatic rings. The van der Waals surface area contributed by atoms with Crippen molar-refractivity contribution in [1.29, 1.82) is 0 Å². The van der Waals surface area contributed by atoms with Crippen LogP contribution in [0.15, 0.2) is 0 Å². The van der Waals surface area contributed by atoms with Gasteiger partial charge in [0.2, 0.25) is 10.0 Å². The van der Waals surface area contributed by atoms with E-state index in [0.717, 1.165) is 6.26 Å². The summed E-state index contributed by atoms with van der Waals surface area (Å²) >= 11 is 0. The molecule has 5 nitrogen and oxygen atoms in total. The van der Waals surface area contributed by atoms with E-state index in [1.165, 1.54) is 6.92 Å². The van der Waals surface area contributed by atoms with Crippen molar-refractivity contribution >= 4 is 16.1 Å². The largest absolute Gasteiger partial charge is 0.464 e. The number of amides is 1. The van der Waals surface area contributed by atoms with E-state index in [9.17, 15) is 13.2 Å². The SMILES string of the molecule is CCN(C(=O)O)S(C)(=O)=O. The van der Waals surface area contributed by atoms with Crippen LogP contribution in [0.1, 0.15) is 6.92 Å². The lowest BCUT2D eigenvalue weighted by molar-refractivity contribution is 0.174. The van der Waals surface area contributed by atoms with Crippen LogP contribution >= 0.6 is 0 Å². The average Bonchev–Trinajstić information content (AvgIpc) is 1.60. The lowest BCUT2D eigenvalue weighted by Gasteiger charge is -2.12. The Morgan fingerprint density at radius 3 is 2.00 bits per heavy atom. The fourth-order valence-corrected chi connectivity index (χ4v) is 1.26. The number of rotatable bonds is 2. The molecular formula is C4H9NO4S. The van der Waals surface area contributed by atoms with E-state index in [1.807, 2.05) is 0 Å². The second-order valence-electron chi connectivity index (χ2n) is 1.71. The van der Waals surface area contributed by atoms with Crippen LogP contribution in [-0.4, -0.2) is 36.7 Å². The Kier molecular flexibility index (Phi) is 2.65. The van der Waals surface area contributed by atoms with Gasteiger partial charge in [-0.25, -0.2) is 17.5 Å². The second-order valence-corrected chi connectivity index (χ2v) is 3.62. The van der Waals surface area contributed by atoms with Crippen molar-refractivity contribution in [2.45, 2.75) is 6.92 Å². The normalized spacial score (nSPS) is 11.0. The molecule has 10 heavy (non-hydrogen) atoms. The van der Waals surface area contributed by atoms with Gasteiger partial charge in [-0.3, -0.25) is 0 Å². The lowest BCUT2D eigenvalue weighted by atomic mass is 10.8. The van der Waals surface area contributed by atoms with Gasteiger partial charge in [-0.1, -0.05) is 0 Å². The van der Waals surface area contributed by atoms with E-state index >= 15 is 0 Å². The number of sulfonamides is 1. The maximum atomic E-state index is 10.5. The maximum Gasteiger partial charge on any atom is 0.421 e. The summed E-state index contributed by atoms with van der Waals surface area (Å²) < 4.78 is 21.5. The summed E-state index contributed by atoms with van der Waals surface area (Å²) in [7, 11) is -3.58. The summed E-state index contributed by atoms with van der Waals surface area (Å²) in [4.78, 5) is 10.1. The first-order valence-electron chi connectivity index (χ1n) is 2.60. The standard InChI is InChI=1S/C4H9NO4S/c1-3-5(4(6)7)10(2,8)9/h3H2,1-2H3,(H,6,7). The molecule has 0 aromatic carbocycles. The number of carboxylic acid groups (broad SMARTS) is 1. The molecule has 0 bridgehead atoms. The second kappa shape index (κ2) is 2.87. The molecule has 0 radical (unpaired) electrons. The molecule has 0 spiro atoms. The van der Waals surface area contributed by atoms with E-state index in [0.29, 0.717) is 4.31 Å². The van der Waals surface area contributed by atoms with Crippen molar-refractivity contribution in [3.63, 3.8) is 0 Å². The molecule has 6 heteroatoms. The average molecular weight is 167 g/mol. The van der Waals surface area contributed by atoms with Crippen molar-refractivity contribution in [2.75, 3.05) is 12.8 Å². The fourth-order valence-electron chi connectivity index (χ4n) is 0.512. The van der Waals surface area contributed by atoms with Crippen molar-refractivity contribution in [3.8, 4) is 0 Å². The Morgan fingerprint density at radius 1 is 1.60 bits per heavy atom. The monoisotopic (exact) mass is 167 g/mol. The molecule has 0 atom stereocenters. The zero-order valence-electron chi connectivity index (χ0n) is 5.73. The molecule has 0 aliphatic heterocycles. The van der Waals surface area contributed by atoms with Crippen molar-refractivity contribution < 1.29 is 18.3 Å². The van der Waals surface area contributed by atoms with Gasteiger partial charge in [-0.2, -0.15) is 0 Å². The van der Waals surface area contributed by atoms with Crippen LogP contribution in [-0.2, 0) is 10.0 Å². The summed E-state index contributed by atoms with van der Waals surface area (Å²) in [6, 6.07) is 0. The minimum Gasteiger partial charge on any atom is -0.464 e. The highest BCUT2D eigenvalue weighted by molar-refractivity contribution is 7.88. The minimum atomic E-state index is -3.58. The summed E-state index contributed by atoms with van der Waals surface area (Å²) in [5.41, 5.74) is 0. The summed E-state index contributed by atoms with van der Waals surface area (Å²) in [6.45, 7) is 1.41. The van der Waals surface area contributed by atoms with Gasteiger partial charge in [-0.15, -0.1) is 0 Å².